The van der Waals surface area contributed by atoms with Gasteiger partial charge in [0.2, 0.25) is 5.91 Å². The van der Waals surface area contributed by atoms with E-state index >= 15 is 0 Å². The standard InChI is InChI=1S/C15H20N4OS/c1-8-6-11(13(14(16)21)9(2)18-8)19-5-3-4-10-12(19)7-17-15(10)20/h6,10,12H,3-5,7H2,1-2H3,(H2,16,21)(H,17,20). The van der Waals surface area contributed by atoms with Crippen molar-refractivity contribution < 1.29 is 4.79 Å². The second-order valence-corrected chi connectivity index (χ2v) is 6.30. The highest BCUT2D eigenvalue weighted by Crippen LogP contribution is 2.34. The molecule has 112 valence electrons. The molecule has 1 amide bonds. The first-order valence-electron chi connectivity index (χ1n) is 7.31. The highest BCUT2D eigenvalue weighted by atomic mass is 32.1. The smallest absolute Gasteiger partial charge is 0.225 e. The summed E-state index contributed by atoms with van der Waals surface area (Å²) in [5.74, 6) is 0.246. The molecule has 2 atom stereocenters. The number of nitrogens with zero attached hydrogens (tertiary/aromatic N) is 2. The Morgan fingerprint density at radius 1 is 1.52 bits per heavy atom. The Hall–Kier alpha value is -1.69. The summed E-state index contributed by atoms with van der Waals surface area (Å²) in [5, 5.41) is 2.98. The molecule has 5 nitrogen and oxygen atoms in total. The van der Waals surface area contributed by atoms with Gasteiger partial charge in [0.1, 0.15) is 4.99 Å². The van der Waals surface area contributed by atoms with Crippen molar-refractivity contribution >= 4 is 28.8 Å². The van der Waals surface area contributed by atoms with Gasteiger partial charge in [-0.25, -0.2) is 0 Å². The van der Waals surface area contributed by atoms with Crippen LogP contribution in [0.25, 0.3) is 0 Å². The second kappa shape index (κ2) is 5.26. The molecule has 3 N–H and O–H groups in total. The van der Waals surface area contributed by atoms with Crippen LogP contribution in [0.4, 0.5) is 5.69 Å². The number of hydrogen-bond donors (Lipinski definition) is 2. The maximum absolute atomic E-state index is 11.9. The summed E-state index contributed by atoms with van der Waals surface area (Å²) in [4.78, 5) is 19.1. The van der Waals surface area contributed by atoms with Crippen LogP contribution >= 0.6 is 12.2 Å². The SMILES string of the molecule is Cc1cc(N2CCCC3C(=O)NCC32)c(C(N)=S)c(C)n1. The fraction of sp³-hybridized carbons (Fsp3) is 0.533. The Morgan fingerprint density at radius 2 is 2.29 bits per heavy atom. The van der Waals surface area contributed by atoms with Crippen LogP contribution in [0.5, 0.6) is 0 Å². The summed E-state index contributed by atoms with van der Waals surface area (Å²) in [6.45, 7) is 5.53. The number of piperidine rings is 1. The number of pyridine rings is 1. The van der Waals surface area contributed by atoms with E-state index in [2.05, 4.69) is 15.2 Å². The quantitative estimate of drug-likeness (QED) is 0.799. The summed E-state index contributed by atoms with van der Waals surface area (Å²) in [7, 11) is 0. The second-order valence-electron chi connectivity index (χ2n) is 5.86. The van der Waals surface area contributed by atoms with E-state index in [9.17, 15) is 4.79 Å². The van der Waals surface area contributed by atoms with E-state index in [0.29, 0.717) is 11.5 Å². The van der Waals surface area contributed by atoms with Crippen LogP contribution in [0.3, 0.4) is 0 Å². The van der Waals surface area contributed by atoms with E-state index in [1.54, 1.807) is 0 Å². The van der Waals surface area contributed by atoms with E-state index < -0.39 is 0 Å². The number of carbonyl (C=O) groups is 1. The molecule has 3 heterocycles. The number of thiocarbonyl (C=S) groups is 1. The molecule has 1 aromatic heterocycles. The lowest BCUT2D eigenvalue weighted by atomic mass is 9.90. The van der Waals surface area contributed by atoms with Gasteiger partial charge in [-0.3, -0.25) is 9.78 Å². The third-order valence-corrected chi connectivity index (χ3v) is 4.67. The van der Waals surface area contributed by atoms with Gasteiger partial charge in [0.15, 0.2) is 0 Å². The van der Waals surface area contributed by atoms with Gasteiger partial charge < -0.3 is 16.0 Å². The number of rotatable bonds is 2. The zero-order valence-corrected chi connectivity index (χ0v) is 13.2. The summed E-state index contributed by atoms with van der Waals surface area (Å²) in [6, 6.07) is 2.23. The minimum absolute atomic E-state index is 0.0757. The van der Waals surface area contributed by atoms with E-state index in [-0.39, 0.29) is 17.9 Å². The zero-order valence-electron chi connectivity index (χ0n) is 12.3. The number of nitrogens with one attached hydrogen (secondary N) is 1. The summed E-state index contributed by atoms with van der Waals surface area (Å²) < 4.78 is 0. The first-order chi connectivity index (χ1) is 9.99. The van der Waals surface area contributed by atoms with Crippen molar-refractivity contribution in [2.24, 2.45) is 11.7 Å². The molecule has 0 spiro atoms. The highest BCUT2D eigenvalue weighted by Gasteiger charge is 2.41. The molecule has 0 aromatic carbocycles. The van der Waals surface area contributed by atoms with Crippen LogP contribution in [-0.4, -0.2) is 35.0 Å². The number of fused-ring (bicyclic) bond motifs is 1. The van der Waals surface area contributed by atoms with Crippen LogP contribution in [0, 0.1) is 19.8 Å². The predicted octanol–water partition coefficient (Wildman–Crippen LogP) is 1.05. The van der Waals surface area contributed by atoms with Crippen LogP contribution in [0.2, 0.25) is 0 Å². The fourth-order valence-electron chi connectivity index (χ4n) is 3.59. The van der Waals surface area contributed by atoms with Gasteiger partial charge in [0, 0.05) is 24.5 Å². The van der Waals surface area contributed by atoms with Crippen molar-refractivity contribution in [3.05, 3.63) is 23.0 Å². The maximum Gasteiger partial charge on any atom is 0.225 e. The molecule has 3 rings (SSSR count). The minimum atomic E-state index is 0.0757. The van der Waals surface area contributed by atoms with Gasteiger partial charge in [-0.15, -0.1) is 0 Å². The largest absolute Gasteiger partial charge is 0.389 e. The minimum Gasteiger partial charge on any atom is -0.389 e. The molecule has 2 aliphatic heterocycles. The third-order valence-electron chi connectivity index (χ3n) is 4.46. The monoisotopic (exact) mass is 304 g/mol. The Labute approximate surface area is 129 Å². The van der Waals surface area contributed by atoms with Crippen molar-refractivity contribution in [2.75, 3.05) is 18.0 Å². The number of anilines is 1. The lowest BCUT2D eigenvalue weighted by Gasteiger charge is -2.39. The molecule has 6 heteroatoms. The van der Waals surface area contributed by atoms with Gasteiger partial charge in [0.25, 0.3) is 0 Å². The summed E-state index contributed by atoms with van der Waals surface area (Å²) in [6.07, 6.45) is 1.96. The number of carbonyl (C=O) groups excluding carboxylic acids is 1. The van der Waals surface area contributed by atoms with Gasteiger partial charge in [-0.05, 0) is 32.8 Å². The van der Waals surface area contributed by atoms with Gasteiger partial charge in [-0.2, -0.15) is 0 Å². The Balaban J connectivity index is 2.07. The molecule has 2 aliphatic rings. The topological polar surface area (TPSA) is 71.2 Å². The average molecular weight is 304 g/mol. The zero-order chi connectivity index (χ0) is 15.1. The number of hydrogen-bond acceptors (Lipinski definition) is 4. The van der Waals surface area contributed by atoms with Crippen LogP contribution in [-0.2, 0) is 4.79 Å². The molecule has 2 saturated heterocycles. The lowest BCUT2D eigenvalue weighted by molar-refractivity contribution is -0.122. The van der Waals surface area contributed by atoms with Crippen LogP contribution < -0.4 is 16.0 Å². The number of amides is 1. The molecule has 0 bridgehead atoms. The van der Waals surface area contributed by atoms with E-state index in [0.717, 1.165) is 42.0 Å². The van der Waals surface area contributed by atoms with Crippen LogP contribution in [0.1, 0.15) is 29.8 Å². The van der Waals surface area contributed by atoms with Crippen molar-refractivity contribution in [3.63, 3.8) is 0 Å². The fourth-order valence-corrected chi connectivity index (χ4v) is 3.84. The van der Waals surface area contributed by atoms with Crippen LogP contribution in [0.15, 0.2) is 6.07 Å². The molecule has 21 heavy (non-hydrogen) atoms. The normalized spacial score (nSPS) is 24.7. The lowest BCUT2D eigenvalue weighted by Crippen LogP contribution is -2.46. The van der Waals surface area contributed by atoms with E-state index in [1.807, 2.05) is 19.9 Å². The van der Waals surface area contributed by atoms with Crippen molar-refractivity contribution in [1.82, 2.24) is 10.3 Å². The number of nitrogens with two attached hydrogens (primary N) is 1. The highest BCUT2D eigenvalue weighted by molar-refractivity contribution is 7.80. The molecule has 2 fully saturated rings. The molecule has 2 unspecified atom stereocenters. The molecular weight excluding hydrogens is 284 g/mol. The number of aryl methyl sites for hydroxylation is 2. The Morgan fingerprint density at radius 3 is 3.00 bits per heavy atom. The predicted molar refractivity (Wildman–Crippen MR) is 86.5 cm³/mol. The Kier molecular flexibility index (Phi) is 3.57. The van der Waals surface area contributed by atoms with Crippen molar-refractivity contribution in [1.29, 1.82) is 0 Å². The maximum atomic E-state index is 11.9. The first-order valence-corrected chi connectivity index (χ1v) is 7.72. The van der Waals surface area contributed by atoms with Gasteiger partial charge in [-0.1, -0.05) is 12.2 Å². The van der Waals surface area contributed by atoms with E-state index in [4.69, 9.17) is 18.0 Å². The van der Waals surface area contributed by atoms with Crippen molar-refractivity contribution in [3.8, 4) is 0 Å². The Bertz CT molecular complexity index is 616. The summed E-state index contributed by atoms with van der Waals surface area (Å²) in [5.41, 5.74) is 9.59. The molecule has 1 aromatic rings. The first kappa shape index (κ1) is 14.3. The molecule has 0 saturated carbocycles. The van der Waals surface area contributed by atoms with Crippen molar-refractivity contribution in [2.45, 2.75) is 32.7 Å². The number of aromatic nitrogens is 1. The summed E-state index contributed by atoms with van der Waals surface area (Å²) >= 11 is 5.22. The molecular formula is C15H20N4OS. The molecule has 0 radical (unpaired) electrons. The third kappa shape index (κ3) is 2.37. The van der Waals surface area contributed by atoms with Gasteiger partial charge >= 0.3 is 0 Å². The average Bonchev–Trinajstić information content (AvgIpc) is 2.79. The van der Waals surface area contributed by atoms with Gasteiger partial charge in [0.05, 0.1) is 23.2 Å². The van der Waals surface area contributed by atoms with E-state index in [1.165, 1.54) is 0 Å². The molecule has 0 aliphatic carbocycles.